The normalized spacial score (nSPS) is 13.9. The van der Waals surface area contributed by atoms with Crippen LogP contribution in [0.5, 0.6) is 0 Å². The second kappa shape index (κ2) is 11.9. The predicted octanol–water partition coefficient (Wildman–Crippen LogP) is 3.97. The quantitative estimate of drug-likeness (QED) is 0.198. The number of fused-ring (bicyclic) bond motifs is 1. The van der Waals surface area contributed by atoms with Gasteiger partial charge < -0.3 is 21.1 Å². The van der Waals surface area contributed by atoms with Crippen molar-refractivity contribution in [2.45, 2.75) is 57.7 Å². The summed E-state index contributed by atoms with van der Waals surface area (Å²) in [7, 11) is 1.72. The van der Waals surface area contributed by atoms with E-state index in [2.05, 4.69) is 21.0 Å². The summed E-state index contributed by atoms with van der Waals surface area (Å²) in [6.07, 6.45) is 1.46. The number of carboxylic acid groups (broad SMARTS) is 1. The zero-order valence-corrected chi connectivity index (χ0v) is 26.1. The van der Waals surface area contributed by atoms with E-state index in [0.717, 1.165) is 4.57 Å². The van der Waals surface area contributed by atoms with Gasteiger partial charge in [-0.15, -0.1) is 0 Å². The van der Waals surface area contributed by atoms with Crippen molar-refractivity contribution in [3.63, 3.8) is 0 Å². The first-order chi connectivity index (χ1) is 21.5. The van der Waals surface area contributed by atoms with Crippen molar-refractivity contribution < 1.29 is 27.9 Å². The van der Waals surface area contributed by atoms with Crippen LogP contribution in [0.1, 0.15) is 44.7 Å². The molecule has 0 spiro atoms. The van der Waals surface area contributed by atoms with Gasteiger partial charge >= 0.3 is 11.8 Å². The molecule has 0 bridgehead atoms. The Kier molecular flexibility index (Phi) is 8.40. The van der Waals surface area contributed by atoms with Gasteiger partial charge in [-0.3, -0.25) is 23.4 Å². The maximum absolute atomic E-state index is 14.9. The van der Waals surface area contributed by atoms with Crippen LogP contribution in [0.25, 0.3) is 10.9 Å². The Balaban J connectivity index is 1.65. The molecule has 16 heteroatoms. The number of carbonyl (C=O) groups excluding carboxylic acids is 1. The monoisotopic (exact) mass is 661 g/mol. The van der Waals surface area contributed by atoms with Gasteiger partial charge in [0.2, 0.25) is 5.91 Å². The lowest BCUT2D eigenvalue weighted by molar-refractivity contribution is -0.122. The number of hydrogen-bond donors (Lipinski definition) is 4. The third-order valence-corrected chi connectivity index (χ3v) is 8.02. The number of halogens is 4. The third kappa shape index (κ3) is 6.59. The van der Waals surface area contributed by atoms with Gasteiger partial charge in [0.15, 0.2) is 11.6 Å². The molecule has 5 rings (SSSR count). The molecule has 2 heterocycles. The lowest BCUT2D eigenvalue weighted by atomic mass is 9.87. The summed E-state index contributed by atoms with van der Waals surface area (Å²) >= 11 is 6.56. The molecule has 0 unspecified atom stereocenters. The van der Waals surface area contributed by atoms with E-state index in [9.17, 15) is 32.3 Å². The number of rotatable bonds is 9. The van der Waals surface area contributed by atoms with Crippen molar-refractivity contribution in [3.8, 4) is 0 Å². The molecular formula is C30H31ClF3N7O5. The first-order valence-corrected chi connectivity index (χ1v) is 14.5. The number of carbonyl (C=O) groups is 2. The van der Waals surface area contributed by atoms with Crippen molar-refractivity contribution in [2.75, 3.05) is 11.9 Å². The Bertz CT molecular complexity index is 2010. The second-order valence-electron chi connectivity index (χ2n) is 12.4. The molecule has 244 valence electrons. The molecule has 1 aliphatic rings. The van der Waals surface area contributed by atoms with E-state index >= 15 is 0 Å². The van der Waals surface area contributed by atoms with Crippen molar-refractivity contribution >= 4 is 46.0 Å². The Hall–Kier alpha value is -4.79. The van der Waals surface area contributed by atoms with E-state index in [1.165, 1.54) is 0 Å². The van der Waals surface area contributed by atoms with Gasteiger partial charge in [0.1, 0.15) is 18.2 Å². The maximum atomic E-state index is 14.9. The van der Waals surface area contributed by atoms with Crippen LogP contribution in [0, 0.1) is 17.5 Å². The molecular weight excluding hydrogens is 631 g/mol. The standard InChI is InChI=1S/C30H31ClF3N7O5/c1-29(2,3)24-25(36-22-8-16-11-39(4)38-21(16)9-17(22)31)40(12-15-7-19(33)20(34)10-18(15)32)28(46)41(26(24)43)13-23(42)35-14-30(5-6-30)37-27(44)45/h7-11,36-37H,5-6,12-14H2,1-4H3,(H,35,42)(H,44,45). The summed E-state index contributed by atoms with van der Waals surface area (Å²) in [5.74, 6) is -4.77. The lowest BCUT2D eigenvalue weighted by Crippen LogP contribution is -2.50. The van der Waals surface area contributed by atoms with Crippen LogP contribution in [0.2, 0.25) is 5.02 Å². The van der Waals surface area contributed by atoms with E-state index in [0.29, 0.717) is 40.4 Å². The number of amides is 2. The van der Waals surface area contributed by atoms with E-state index in [4.69, 9.17) is 16.7 Å². The highest BCUT2D eigenvalue weighted by Gasteiger charge is 2.44. The molecule has 4 N–H and O–H groups in total. The smallest absolute Gasteiger partial charge is 0.405 e. The number of benzene rings is 2. The molecule has 1 fully saturated rings. The summed E-state index contributed by atoms with van der Waals surface area (Å²) < 4.78 is 46.1. The highest BCUT2D eigenvalue weighted by Crippen LogP contribution is 2.35. The topological polar surface area (TPSA) is 152 Å². The Morgan fingerprint density at radius 2 is 1.72 bits per heavy atom. The average Bonchev–Trinajstić information content (AvgIpc) is 3.60. The van der Waals surface area contributed by atoms with Crippen LogP contribution < -0.4 is 27.2 Å². The number of aromatic nitrogens is 4. The van der Waals surface area contributed by atoms with Crippen molar-refractivity contribution in [1.82, 2.24) is 29.5 Å². The Morgan fingerprint density at radius 3 is 2.35 bits per heavy atom. The van der Waals surface area contributed by atoms with Crippen LogP contribution in [0.3, 0.4) is 0 Å². The maximum Gasteiger partial charge on any atom is 0.405 e. The minimum absolute atomic E-state index is 0.0106. The molecule has 0 aliphatic heterocycles. The average molecular weight is 662 g/mol. The zero-order valence-electron chi connectivity index (χ0n) is 25.3. The van der Waals surface area contributed by atoms with Gasteiger partial charge in [0.25, 0.3) is 5.56 Å². The number of nitrogens with zero attached hydrogens (tertiary/aromatic N) is 4. The van der Waals surface area contributed by atoms with Gasteiger partial charge in [-0.2, -0.15) is 5.10 Å². The van der Waals surface area contributed by atoms with Gasteiger partial charge in [0, 0.05) is 36.8 Å². The minimum atomic E-state index is -1.42. The van der Waals surface area contributed by atoms with E-state index in [1.54, 1.807) is 50.8 Å². The van der Waals surface area contributed by atoms with Gasteiger partial charge in [-0.25, -0.2) is 22.8 Å². The zero-order chi connectivity index (χ0) is 33.7. The first-order valence-electron chi connectivity index (χ1n) is 14.2. The number of anilines is 2. The second-order valence-corrected chi connectivity index (χ2v) is 12.8. The molecule has 0 atom stereocenters. The largest absolute Gasteiger partial charge is 0.465 e. The van der Waals surface area contributed by atoms with Crippen LogP contribution in [-0.2, 0) is 30.3 Å². The number of aryl methyl sites for hydroxylation is 1. The highest BCUT2D eigenvalue weighted by atomic mass is 35.5. The molecule has 0 saturated heterocycles. The van der Waals surface area contributed by atoms with E-state index in [1.807, 2.05) is 0 Å². The molecule has 1 aliphatic carbocycles. The first kappa shape index (κ1) is 32.6. The Morgan fingerprint density at radius 1 is 1.04 bits per heavy atom. The highest BCUT2D eigenvalue weighted by molar-refractivity contribution is 6.34. The van der Waals surface area contributed by atoms with Gasteiger partial charge in [0.05, 0.1) is 33.9 Å². The molecule has 0 radical (unpaired) electrons. The van der Waals surface area contributed by atoms with Crippen LogP contribution in [0.4, 0.5) is 29.5 Å². The van der Waals surface area contributed by atoms with Crippen LogP contribution in [0.15, 0.2) is 40.1 Å². The van der Waals surface area contributed by atoms with Crippen molar-refractivity contribution in [1.29, 1.82) is 0 Å². The molecule has 2 amide bonds. The van der Waals surface area contributed by atoms with E-state index < -0.39 is 70.3 Å². The van der Waals surface area contributed by atoms with Crippen molar-refractivity contribution in [2.24, 2.45) is 7.05 Å². The minimum Gasteiger partial charge on any atom is -0.465 e. The lowest BCUT2D eigenvalue weighted by Gasteiger charge is -2.27. The fraction of sp³-hybridized carbons (Fsp3) is 0.367. The van der Waals surface area contributed by atoms with E-state index in [-0.39, 0.29) is 28.6 Å². The molecule has 46 heavy (non-hydrogen) atoms. The summed E-state index contributed by atoms with van der Waals surface area (Å²) in [5.41, 5.74) is -3.27. The van der Waals surface area contributed by atoms with Gasteiger partial charge in [-0.05, 0) is 36.5 Å². The molecule has 1 saturated carbocycles. The summed E-state index contributed by atoms with van der Waals surface area (Å²) in [6.45, 7) is 3.58. The fourth-order valence-electron chi connectivity index (χ4n) is 5.23. The number of hydrogen-bond acceptors (Lipinski definition) is 6. The SMILES string of the molecule is Cn1cc2cc(Nc3c(C(C)(C)C)c(=O)n(CC(=O)NCC4(NC(=O)O)CC4)c(=O)n3Cc3cc(F)c(F)cc3F)c(Cl)cc2n1. The molecule has 12 nitrogen and oxygen atoms in total. The van der Waals surface area contributed by atoms with Crippen LogP contribution >= 0.6 is 11.6 Å². The number of nitrogens with one attached hydrogen (secondary N) is 3. The summed E-state index contributed by atoms with van der Waals surface area (Å²) in [4.78, 5) is 52.2. The fourth-order valence-corrected chi connectivity index (χ4v) is 5.44. The molecule has 2 aromatic heterocycles. The summed E-state index contributed by atoms with van der Waals surface area (Å²) in [6, 6.07) is 4.18. The molecule has 2 aromatic carbocycles. The summed E-state index contributed by atoms with van der Waals surface area (Å²) in [5, 5.41) is 22.2. The van der Waals surface area contributed by atoms with Crippen molar-refractivity contribution in [3.05, 3.63) is 84.9 Å². The Labute approximate surface area is 264 Å². The predicted molar refractivity (Wildman–Crippen MR) is 164 cm³/mol. The van der Waals surface area contributed by atoms with Crippen LogP contribution in [-0.4, -0.2) is 48.1 Å². The van der Waals surface area contributed by atoms with Gasteiger partial charge in [-0.1, -0.05) is 32.4 Å². The molecule has 4 aromatic rings. The third-order valence-electron chi connectivity index (χ3n) is 7.71.